The number of aromatic nitrogens is 4. The molecule has 0 N–H and O–H groups in total. The standard InChI is InChI=1S/C27H25N5O2S/c1-17-4-7-23(8-5-17)32-26(20-10-13-28-14-11-20)29-30-27(32)35-18(2)25(34)22-6-9-24-21(16-22)12-15-31(24)19(3)33/h4-11,13-14,16,18H,12,15H2,1-3H3. The first-order valence-electron chi connectivity index (χ1n) is 11.5. The number of Topliss-reactive ketones (excluding diaryl/α,β-unsaturated/α-hetero) is 1. The maximum absolute atomic E-state index is 13.4. The lowest BCUT2D eigenvalue weighted by Gasteiger charge is -2.16. The first kappa shape index (κ1) is 23.0. The van der Waals surface area contributed by atoms with Gasteiger partial charge in [0.2, 0.25) is 5.91 Å². The van der Waals surface area contributed by atoms with E-state index in [-0.39, 0.29) is 16.9 Å². The third-order valence-corrected chi connectivity index (χ3v) is 7.20. The van der Waals surface area contributed by atoms with Crippen molar-refractivity contribution in [2.24, 2.45) is 0 Å². The number of hydrogen-bond donors (Lipinski definition) is 0. The number of benzene rings is 2. The van der Waals surface area contributed by atoms with Gasteiger partial charge in [0, 0.05) is 48.4 Å². The smallest absolute Gasteiger partial charge is 0.223 e. The van der Waals surface area contributed by atoms with Crippen LogP contribution in [-0.4, -0.2) is 43.2 Å². The van der Waals surface area contributed by atoms with E-state index in [4.69, 9.17) is 0 Å². The molecule has 0 fully saturated rings. The predicted octanol–water partition coefficient (Wildman–Crippen LogP) is 4.91. The van der Waals surface area contributed by atoms with E-state index in [1.807, 2.05) is 73.0 Å². The molecule has 4 aromatic rings. The summed E-state index contributed by atoms with van der Waals surface area (Å²) in [5.41, 5.74) is 5.56. The highest BCUT2D eigenvalue weighted by molar-refractivity contribution is 8.00. The van der Waals surface area contributed by atoms with Gasteiger partial charge in [-0.25, -0.2) is 0 Å². The van der Waals surface area contributed by atoms with Crippen LogP contribution >= 0.6 is 11.8 Å². The van der Waals surface area contributed by atoms with E-state index in [9.17, 15) is 9.59 Å². The third-order valence-electron chi connectivity index (χ3n) is 6.16. The van der Waals surface area contributed by atoms with Gasteiger partial charge >= 0.3 is 0 Å². The maximum Gasteiger partial charge on any atom is 0.223 e. The molecule has 1 aliphatic rings. The molecule has 0 bridgehead atoms. The van der Waals surface area contributed by atoms with Gasteiger partial charge in [-0.1, -0.05) is 29.5 Å². The van der Waals surface area contributed by atoms with Gasteiger partial charge < -0.3 is 4.90 Å². The van der Waals surface area contributed by atoms with Crippen LogP contribution in [0.25, 0.3) is 17.1 Å². The summed E-state index contributed by atoms with van der Waals surface area (Å²) < 4.78 is 1.98. The Bertz CT molecular complexity index is 1400. The van der Waals surface area contributed by atoms with Gasteiger partial charge in [0.1, 0.15) is 0 Å². The molecule has 1 atom stereocenters. The molecular formula is C27H25N5O2S. The monoisotopic (exact) mass is 483 g/mol. The van der Waals surface area contributed by atoms with Crippen LogP contribution in [0.2, 0.25) is 0 Å². The molecule has 1 unspecified atom stereocenters. The first-order chi connectivity index (χ1) is 16.9. The number of ketones is 1. The van der Waals surface area contributed by atoms with Crippen LogP contribution in [0.4, 0.5) is 5.69 Å². The number of amides is 1. The highest BCUT2D eigenvalue weighted by Crippen LogP contribution is 2.33. The number of carbonyl (C=O) groups excluding carboxylic acids is 2. The quantitative estimate of drug-likeness (QED) is 0.286. The number of fused-ring (bicyclic) bond motifs is 1. The van der Waals surface area contributed by atoms with Crippen LogP contribution < -0.4 is 4.90 Å². The Balaban J connectivity index is 1.45. The Morgan fingerprint density at radius 2 is 1.74 bits per heavy atom. The van der Waals surface area contributed by atoms with Crippen molar-refractivity contribution >= 4 is 29.1 Å². The van der Waals surface area contributed by atoms with E-state index in [2.05, 4.69) is 15.2 Å². The molecule has 0 aliphatic carbocycles. The van der Waals surface area contributed by atoms with Gasteiger partial charge in [-0.15, -0.1) is 10.2 Å². The molecule has 8 heteroatoms. The van der Waals surface area contributed by atoms with Crippen molar-refractivity contribution in [3.8, 4) is 17.1 Å². The van der Waals surface area contributed by atoms with Crippen LogP contribution in [0, 0.1) is 6.92 Å². The van der Waals surface area contributed by atoms with Crippen LogP contribution in [0.3, 0.4) is 0 Å². The van der Waals surface area contributed by atoms with Crippen molar-refractivity contribution in [2.75, 3.05) is 11.4 Å². The van der Waals surface area contributed by atoms with E-state index in [0.29, 0.717) is 23.1 Å². The zero-order chi connectivity index (χ0) is 24.5. The fourth-order valence-corrected chi connectivity index (χ4v) is 5.23. The number of thioether (sulfide) groups is 1. The van der Waals surface area contributed by atoms with Crippen LogP contribution in [-0.2, 0) is 11.2 Å². The Hall–Kier alpha value is -3.78. The van der Waals surface area contributed by atoms with Gasteiger partial charge in [0.05, 0.1) is 5.25 Å². The second-order valence-corrected chi connectivity index (χ2v) is 9.91. The summed E-state index contributed by atoms with van der Waals surface area (Å²) in [6.45, 7) is 6.16. The molecule has 7 nitrogen and oxygen atoms in total. The molecule has 0 radical (unpaired) electrons. The first-order valence-corrected chi connectivity index (χ1v) is 12.3. The number of nitrogens with zero attached hydrogens (tertiary/aromatic N) is 5. The van der Waals surface area contributed by atoms with Crippen molar-refractivity contribution in [1.82, 2.24) is 19.7 Å². The summed E-state index contributed by atoms with van der Waals surface area (Å²) in [6.07, 6.45) is 4.21. The number of carbonyl (C=O) groups is 2. The van der Waals surface area contributed by atoms with E-state index >= 15 is 0 Å². The van der Waals surface area contributed by atoms with Crippen molar-refractivity contribution in [1.29, 1.82) is 0 Å². The second-order valence-electron chi connectivity index (χ2n) is 8.60. The van der Waals surface area contributed by atoms with E-state index in [1.165, 1.54) is 11.8 Å². The van der Waals surface area contributed by atoms with Crippen LogP contribution in [0.15, 0.2) is 72.1 Å². The zero-order valence-corrected chi connectivity index (χ0v) is 20.6. The molecule has 0 spiro atoms. The molecule has 35 heavy (non-hydrogen) atoms. The molecule has 2 aromatic heterocycles. The van der Waals surface area contributed by atoms with Crippen molar-refractivity contribution in [2.45, 2.75) is 37.6 Å². The van der Waals surface area contributed by atoms with Crippen LogP contribution in [0.5, 0.6) is 0 Å². The summed E-state index contributed by atoms with van der Waals surface area (Å²) in [5.74, 6) is 0.732. The number of rotatable bonds is 6. The average molecular weight is 484 g/mol. The molecule has 1 aliphatic heterocycles. The van der Waals surface area contributed by atoms with Crippen molar-refractivity contribution in [3.05, 3.63) is 83.7 Å². The molecule has 3 heterocycles. The highest BCUT2D eigenvalue weighted by Gasteiger charge is 2.26. The Kier molecular flexibility index (Phi) is 6.21. The van der Waals surface area contributed by atoms with Gasteiger partial charge in [-0.05, 0) is 68.3 Å². The maximum atomic E-state index is 13.4. The normalized spacial score (nSPS) is 13.5. The van der Waals surface area contributed by atoms with Gasteiger partial charge in [-0.2, -0.15) is 0 Å². The summed E-state index contributed by atoms with van der Waals surface area (Å²) in [5, 5.41) is 9.18. The largest absolute Gasteiger partial charge is 0.312 e. The number of hydrogen-bond acceptors (Lipinski definition) is 6. The molecule has 5 rings (SSSR count). The second kappa shape index (κ2) is 9.46. The molecule has 0 saturated heterocycles. The van der Waals surface area contributed by atoms with E-state index in [0.717, 1.165) is 34.5 Å². The summed E-state index contributed by atoms with van der Waals surface area (Å²) in [4.78, 5) is 31.1. The number of aryl methyl sites for hydroxylation is 1. The molecule has 1 amide bonds. The summed E-state index contributed by atoms with van der Waals surface area (Å²) in [6, 6.07) is 17.6. The van der Waals surface area contributed by atoms with Crippen LogP contribution in [0.1, 0.15) is 35.3 Å². The zero-order valence-electron chi connectivity index (χ0n) is 19.8. The number of pyridine rings is 1. The molecule has 176 valence electrons. The van der Waals surface area contributed by atoms with Gasteiger partial charge in [-0.3, -0.25) is 19.1 Å². The lowest BCUT2D eigenvalue weighted by Crippen LogP contribution is -2.25. The molecule has 2 aromatic carbocycles. The van der Waals surface area contributed by atoms with Crippen molar-refractivity contribution in [3.63, 3.8) is 0 Å². The summed E-state index contributed by atoms with van der Waals surface area (Å²) in [7, 11) is 0. The third kappa shape index (κ3) is 4.49. The van der Waals surface area contributed by atoms with E-state index in [1.54, 1.807) is 24.2 Å². The minimum Gasteiger partial charge on any atom is -0.312 e. The lowest BCUT2D eigenvalue weighted by molar-refractivity contribution is -0.116. The summed E-state index contributed by atoms with van der Waals surface area (Å²) >= 11 is 1.39. The minimum absolute atomic E-state index is 0.0167. The fraction of sp³-hybridized carbons (Fsp3) is 0.222. The Morgan fingerprint density at radius 3 is 2.46 bits per heavy atom. The van der Waals surface area contributed by atoms with Crippen molar-refractivity contribution < 1.29 is 9.59 Å². The van der Waals surface area contributed by atoms with Gasteiger partial charge in [0.25, 0.3) is 0 Å². The number of anilines is 1. The highest BCUT2D eigenvalue weighted by atomic mass is 32.2. The molecule has 0 saturated carbocycles. The SMILES string of the molecule is CC(=O)N1CCc2cc(C(=O)C(C)Sc3nnc(-c4ccncc4)n3-c3ccc(C)cc3)ccc21. The Labute approximate surface area is 208 Å². The topological polar surface area (TPSA) is 81.0 Å². The fourth-order valence-electron chi connectivity index (χ4n) is 4.29. The van der Waals surface area contributed by atoms with E-state index < -0.39 is 0 Å². The molecular weight excluding hydrogens is 458 g/mol. The minimum atomic E-state index is -0.378. The van der Waals surface area contributed by atoms with Gasteiger partial charge in [0.15, 0.2) is 16.8 Å². The average Bonchev–Trinajstić information content (AvgIpc) is 3.48. The lowest BCUT2D eigenvalue weighted by atomic mass is 10.0. The Morgan fingerprint density at radius 1 is 1.00 bits per heavy atom. The predicted molar refractivity (Wildman–Crippen MR) is 137 cm³/mol.